The van der Waals surface area contributed by atoms with Crippen molar-refractivity contribution in [1.82, 2.24) is 0 Å². The molecule has 1 unspecified atom stereocenters. The van der Waals surface area contributed by atoms with Crippen molar-refractivity contribution in [1.29, 1.82) is 5.26 Å². The third kappa shape index (κ3) is 3.24. The van der Waals surface area contributed by atoms with Crippen LogP contribution in [0.1, 0.15) is 24.3 Å². The Kier molecular flexibility index (Phi) is 4.05. The van der Waals surface area contributed by atoms with Crippen LogP contribution >= 0.6 is 15.9 Å². The van der Waals surface area contributed by atoms with Crippen molar-refractivity contribution < 1.29 is 9.47 Å². The number of rotatable bonds is 4. The van der Waals surface area contributed by atoms with Crippen LogP contribution in [0.25, 0.3) is 0 Å². The Morgan fingerprint density at radius 3 is 2.47 bits per heavy atom. The molecule has 1 aliphatic rings. The van der Waals surface area contributed by atoms with Gasteiger partial charge in [-0.15, -0.1) is 0 Å². The predicted molar refractivity (Wildman–Crippen MR) is 66.8 cm³/mol. The van der Waals surface area contributed by atoms with Crippen molar-refractivity contribution in [3.63, 3.8) is 0 Å². The Hall–Kier alpha value is -1.47. The molecule has 1 atom stereocenters. The monoisotopic (exact) mass is 293 g/mol. The highest BCUT2D eigenvalue weighted by molar-refractivity contribution is 9.10. The predicted octanol–water partition coefficient (Wildman–Crippen LogP) is 3.68. The normalized spacial score (nSPS) is 16.0. The highest BCUT2D eigenvalue weighted by atomic mass is 79.9. The van der Waals surface area contributed by atoms with Crippen LogP contribution in [0.4, 0.5) is 0 Å². The quantitative estimate of drug-likeness (QED) is 0.850. The summed E-state index contributed by atoms with van der Waals surface area (Å²) >= 11 is 3.38. The standard InChI is InChI=1S/C13H12BrNO2/c14-12-4-1-10(2-5-12)11(9-15)3-6-13-16-7-8-17-13/h1-2,4-5,7-8,11,13H,3,6H2. The lowest BCUT2D eigenvalue weighted by Crippen LogP contribution is -2.09. The molecular weight excluding hydrogens is 282 g/mol. The van der Waals surface area contributed by atoms with Crippen LogP contribution in [0.15, 0.2) is 41.3 Å². The summed E-state index contributed by atoms with van der Waals surface area (Å²) in [5, 5.41) is 9.16. The van der Waals surface area contributed by atoms with Crippen molar-refractivity contribution in [3.05, 3.63) is 46.8 Å². The van der Waals surface area contributed by atoms with Crippen LogP contribution in [-0.2, 0) is 9.47 Å². The average molecular weight is 294 g/mol. The van der Waals surface area contributed by atoms with E-state index in [-0.39, 0.29) is 12.2 Å². The van der Waals surface area contributed by atoms with E-state index in [2.05, 4.69) is 22.0 Å². The Balaban J connectivity index is 1.92. The fraction of sp³-hybridized carbons (Fsp3) is 0.308. The molecule has 4 heteroatoms. The molecule has 1 aliphatic heterocycles. The minimum absolute atomic E-state index is 0.115. The van der Waals surface area contributed by atoms with Gasteiger partial charge >= 0.3 is 0 Å². The zero-order valence-electron chi connectivity index (χ0n) is 9.17. The van der Waals surface area contributed by atoms with Crippen LogP contribution in [0.5, 0.6) is 0 Å². The van der Waals surface area contributed by atoms with E-state index in [9.17, 15) is 0 Å². The molecule has 0 N–H and O–H groups in total. The molecule has 0 fully saturated rings. The second-order valence-electron chi connectivity index (χ2n) is 3.78. The van der Waals surface area contributed by atoms with Crippen molar-refractivity contribution in [2.45, 2.75) is 25.0 Å². The van der Waals surface area contributed by atoms with Gasteiger partial charge in [0.25, 0.3) is 0 Å². The highest BCUT2D eigenvalue weighted by Crippen LogP contribution is 2.24. The molecule has 0 radical (unpaired) electrons. The molecule has 0 spiro atoms. The molecule has 2 rings (SSSR count). The summed E-state index contributed by atoms with van der Waals surface area (Å²) in [4.78, 5) is 0. The molecule has 0 amide bonds. The SMILES string of the molecule is N#CC(CCC1OC=CO1)c1ccc(Br)cc1. The van der Waals surface area contributed by atoms with Crippen molar-refractivity contribution >= 4 is 15.9 Å². The molecule has 1 heterocycles. The molecule has 0 saturated carbocycles. The lowest BCUT2D eigenvalue weighted by molar-refractivity contribution is -0.0295. The van der Waals surface area contributed by atoms with Gasteiger partial charge < -0.3 is 9.47 Å². The van der Waals surface area contributed by atoms with Gasteiger partial charge in [0.05, 0.1) is 12.0 Å². The van der Waals surface area contributed by atoms with E-state index in [1.807, 2.05) is 24.3 Å². The van der Waals surface area contributed by atoms with Gasteiger partial charge in [0.1, 0.15) is 12.5 Å². The van der Waals surface area contributed by atoms with E-state index < -0.39 is 0 Å². The van der Waals surface area contributed by atoms with Gasteiger partial charge in [-0.3, -0.25) is 0 Å². The van der Waals surface area contributed by atoms with E-state index in [4.69, 9.17) is 14.7 Å². The van der Waals surface area contributed by atoms with Gasteiger partial charge in [-0.2, -0.15) is 5.26 Å². The van der Waals surface area contributed by atoms with E-state index >= 15 is 0 Å². The lowest BCUT2D eigenvalue weighted by Gasteiger charge is -2.13. The second kappa shape index (κ2) is 5.74. The molecule has 1 aromatic rings. The topological polar surface area (TPSA) is 42.2 Å². The molecule has 88 valence electrons. The first-order chi connectivity index (χ1) is 8.29. The molecule has 0 aromatic heterocycles. The molecule has 1 aromatic carbocycles. The van der Waals surface area contributed by atoms with Crippen LogP contribution in [-0.4, -0.2) is 6.29 Å². The Morgan fingerprint density at radius 1 is 1.24 bits per heavy atom. The third-order valence-electron chi connectivity index (χ3n) is 2.64. The van der Waals surface area contributed by atoms with Crippen molar-refractivity contribution in [3.8, 4) is 6.07 Å². The second-order valence-corrected chi connectivity index (χ2v) is 4.70. The summed E-state index contributed by atoms with van der Waals surface area (Å²) in [6.07, 6.45) is 4.27. The summed E-state index contributed by atoms with van der Waals surface area (Å²) in [5.41, 5.74) is 1.03. The summed E-state index contributed by atoms with van der Waals surface area (Å²) in [7, 11) is 0. The summed E-state index contributed by atoms with van der Waals surface area (Å²) in [5.74, 6) is -0.115. The highest BCUT2D eigenvalue weighted by Gasteiger charge is 2.17. The third-order valence-corrected chi connectivity index (χ3v) is 3.16. The maximum atomic E-state index is 9.16. The fourth-order valence-corrected chi connectivity index (χ4v) is 1.98. The van der Waals surface area contributed by atoms with Crippen LogP contribution in [0.3, 0.4) is 0 Å². The van der Waals surface area contributed by atoms with E-state index in [0.29, 0.717) is 6.42 Å². The largest absolute Gasteiger partial charge is 0.459 e. The maximum absolute atomic E-state index is 9.16. The maximum Gasteiger partial charge on any atom is 0.239 e. The zero-order chi connectivity index (χ0) is 12.1. The number of hydrogen-bond donors (Lipinski definition) is 0. The fourth-order valence-electron chi connectivity index (χ4n) is 1.71. The van der Waals surface area contributed by atoms with Crippen LogP contribution in [0.2, 0.25) is 0 Å². The van der Waals surface area contributed by atoms with Gasteiger partial charge in [0.15, 0.2) is 0 Å². The number of nitriles is 1. The molecule has 3 nitrogen and oxygen atoms in total. The lowest BCUT2D eigenvalue weighted by atomic mass is 9.96. The van der Waals surface area contributed by atoms with Crippen LogP contribution in [0, 0.1) is 11.3 Å². The molecule has 0 bridgehead atoms. The molecular formula is C13H12BrNO2. The number of nitrogens with zero attached hydrogens (tertiary/aromatic N) is 1. The van der Waals surface area contributed by atoms with Crippen LogP contribution < -0.4 is 0 Å². The molecule has 0 aliphatic carbocycles. The Bertz CT molecular complexity index is 428. The average Bonchev–Trinajstić information content (AvgIpc) is 2.85. The van der Waals surface area contributed by atoms with Crippen molar-refractivity contribution in [2.75, 3.05) is 0 Å². The minimum atomic E-state index is -0.235. The van der Waals surface area contributed by atoms with E-state index in [1.165, 1.54) is 12.5 Å². The molecule has 0 saturated heterocycles. The summed E-state index contributed by atoms with van der Waals surface area (Å²) < 4.78 is 11.4. The van der Waals surface area contributed by atoms with E-state index in [1.54, 1.807) is 0 Å². The van der Waals surface area contributed by atoms with Gasteiger partial charge in [0, 0.05) is 10.9 Å². The number of ether oxygens (including phenoxy) is 2. The Labute approximate surface area is 109 Å². The van der Waals surface area contributed by atoms with Gasteiger partial charge in [-0.05, 0) is 24.1 Å². The first-order valence-electron chi connectivity index (χ1n) is 5.40. The number of halogens is 1. The number of hydrogen-bond acceptors (Lipinski definition) is 3. The summed E-state index contributed by atoms with van der Waals surface area (Å²) in [6.45, 7) is 0. The Morgan fingerprint density at radius 2 is 1.88 bits per heavy atom. The zero-order valence-corrected chi connectivity index (χ0v) is 10.8. The van der Waals surface area contributed by atoms with Gasteiger partial charge in [-0.25, -0.2) is 0 Å². The minimum Gasteiger partial charge on any atom is -0.459 e. The first kappa shape index (κ1) is 12.0. The van der Waals surface area contributed by atoms with Gasteiger partial charge in [0.2, 0.25) is 6.29 Å². The molecule has 17 heavy (non-hydrogen) atoms. The summed E-state index contributed by atoms with van der Waals surface area (Å²) in [6, 6.07) is 10.1. The number of benzene rings is 1. The smallest absolute Gasteiger partial charge is 0.239 e. The first-order valence-corrected chi connectivity index (χ1v) is 6.20. The van der Waals surface area contributed by atoms with Crippen molar-refractivity contribution in [2.24, 2.45) is 0 Å². The van der Waals surface area contributed by atoms with Gasteiger partial charge in [-0.1, -0.05) is 28.1 Å². The van der Waals surface area contributed by atoms with E-state index in [0.717, 1.165) is 16.5 Å².